The first-order valence-electron chi connectivity index (χ1n) is 5.85. The molecule has 0 bridgehead atoms. The fourth-order valence-corrected chi connectivity index (χ4v) is 1.68. The summed E-state index contributed by atoms with van der Waals surface area (Å²) in [6, 6.07) is 3.14. The minimum Gasteiger partial charge on any atom is -0.396 e. The van der Waals surface area contributed by atoms with Crippen LogP contribution in [0.15, 0.2) is 18.2 Å². The van der Waals surface area contributed by atoms with Gasteiger partial charge in [-0.1, -0.05) is 6.07 Å². The Balaban J connectivity index is 3.02. The van der Waals surface area contributed by atoms with Gasteiger partial charge >= 0.3 is 0 Å². The largest absolute Gasteiger partial charge is 0.396 e. The van der Waals surface area contributed by atoms with Crippen molar-refractivity contribution < 1.29 is 18.7 Å². The molecule has 1 rings (SSSR count). The maximum absolute atomic E-state index is 13.5. The minimum absolute atomic E-state index is 0.0732. The summed E-state index contributed by atoms with van der Waals surface area (Å²) in [5.41, 5.74) is -0.538. The summed E-state index contributed by atoms with van der Waals surface area (Å²) >= 11 is 0. The van der Waals surface area contributed by atoms with E-state index in [9.17, 15) is 13.6 Å². The SMILES string of the molecule is CC(C)N(CCCO)C(=O)c1c(F)cccc1F. The van der Waals surface area contributed by atoms with Gasteiger partial charge in [0.25, 0.3) is 5.91 Å². The third-order valence-electron chi connectivity index (χ3n) is 2.62. The Morgan fingerprint density at radius 3 is 2.33 bits per heavy atom. The Bertz CT molecular complexity index is 401. The molecule has 0 saturated heterocycles. The topological polar surface area (TPSA) is 40.5 Å². The number of halogens is 2. The third kappa shape index (κ3) is 3.26. The van der Waals surface area contributed by atoms with Crippen LogP contribution in [-0.2, 0) is 0 Å². The average molecular weight is 257 g/mol. The highest BCUT2D eigenvalue weighted by molar-refractivity contribution is 5.95. The second-order valence-corrected chi connectivity index (χ2v) is 4.27. The predicted molar refractivity (Wildman–Crippen MR) is 64.2 cm³/mol. The number of aliphatic hydroxyl groups excluding tert-OH is 1. The second-order valence-electron chi connectivity index (χ2n) is 4.27. The predicted octanol–water partition coefficient (Wildman–Crippen LogP) is 2.20. The summed E-state index contributed by atoms with van der Waals surface area (Å²) in [6.45, 7) is 3.71. The van der Waals surface area contributed by atoms with E-state index in [4.69, 9.17) is 5.11 Å². The lowest BCUT2D eigenvalue weighted by Gasteiger charge is -2.26. The fraction of sp³-hybridized carbons (Fsp3) is 0.462. The molecule has 1 amide bonds. The summed E-state index contributed by atoms with van der Waals surface area (Å²) in [4.78, 5) is 13.4. The molecule has 0 heterocycles. The van der Waals surface area contributed by atoms with Crippen LogP contribution in [0.1, 0.15) is 30.6 Å². The van der Waals surface area contributed by atoms with Gasteiger partial charge in [0.15, 0.2) is 0 Å². The molecule has 100 valence electrons. The zero-order valence-corrected chi connectivity index (χ0v) is 10.5. The molecule has 0 unspecified atom stereocenters. The lowest BCUT2D eigenvalue weighted by atomic mass is 10.1. The molecule has 1 aromatic carbocycles. The summed E-state index contributed by atoms with van der Waals surface area (Å²) in [7, 11) is 0. The van der Waals surface area contributed by atoms with Crippen molar-refractivity contribution in [2.75, 3.05) is 13.2 Å². The lowest BCUT2D eigenvalue weighted by molar-refractivity contribution is 0.0683. The van der Waals surface area contributed by atoms with Crippen molar-refractivity contribution in [2.24, 2.45) is 0 Å². The number of hydrogen-bond donors (Lipinski definition) is 1. The van der Waals surface area contributed by atoms with E-state index in [0.717, 1.165) is 12.1 Å². The van der Waals surface area contributed by atoms with Crippen molar-refractivity contribution in [2.45, 2.75) is 26.3 Å². The molecule has 0 spiro atoms. The number of amides is 1. The van der Waals surface area contributed by atoms with Gasteiger partial charge in [-0.25, -0.2) is 8.78 Å². The van der Waals surface area contributed by atoms with Gasteiger partial charge in [-0.15, -0.1) is 0 Å². The van der Waals surface area contributed by atoms with E-state index >= 15 is 0 Å². The molecule has 0 aliphatic heterocycles. The van der Waals surface area contributed by atoms with Crippen LogP contribution in [0.25, 0.3) is 0 Å². The van der Waals surface area contributed by atoms with Crippen molar-refractivity contribution in [1.82, 2.24) is 4.90 Å². The van der Waals surface area contributed by atoms with Gasteiger partial charge in [0, 0.05) is 19.2 Å². The van der Waals surface area contributed by atoms with Crippen LogP contribution in [0.3, 0.4) is 0 Å². The van der Waals surface area contributed by atoms with E-state index in [1.165, 1.54) is 11.0 Å². The van der Waals surface area contributed by atoms with Gasteiger partial charge in [0.05, 0.1) is 0 Å². The molecule has 3 nitrogen and oxygen atoms in total. The second kappa shape index (κ2) is 6.44. The lowest BCUT2D eigenvalue weighted by Crippen LogP contribution is -2.39. The first-order valence-corrected chi connectivity index (χ1v) is 5.85. The molecule has 0 saturated carbocycles. The highest BCUT2D eigenvalue weighted by Crippen LogP contribution is 2.16. The number of nitrogens with zero attached hydrogens (tertiary/aromatic N) is 1. The molecule has 0 radical (unpaired) electrons. The van der Waals surface area contributed by atoms with E-state index < -0.39 is 23.1 Å². The molecule has 18 heavy (non-hydrogen) atoms. The van der Waals surface area contributed by atoms with Gasteiger partial charge in [0.1, 0.15) is 17.2 Å². The van der Waals surface area contributed by atoms with Gasteiger partial charge < -0.3 is 10.0 Å². The molecular weight excluding hydrogens is 240 g/mol. The Labute approximate surface area is 105 Å². The monoisotopic (exact) mass is 257 g/mol. The standard InChI is InChI=1S/C13H17F2NO2/c1-9(2)16(7-4-8-17)13(18)12-10(14)5-3-6-11(12)15/h3,5-6,9,17H,4,7-8H2,1-2H3. The summed E-state index contributed by atoms with van der Waals surface area (Å²) < 4.78 is 27.0. The molecule has 0 aliphatic carbocycles. The Hall–Kier alpha value is -1.49. The Morgan fingerprint density at radius 1 is 1.33 bits per heavy atom. The van der Waals surface area contributed by atoms with E-state index in [0.29, 0.717) is 6.42 Å². The number of aliphatic hydroxyl groups is 1. The zero-order chi connectivity index (χ0) is 13.7. The zero-order valence-electron chi connectivity index (χ0n) is 10.5. The molecule has 5 heteroatoms. The van der Waals surface area contributed by atoms with E-state index in [2.05, 4.69) is 0 Å². The van der Waals surface area contributed by atoms with Crippen LogP contribution >= 0.6 is 0 Å². The molecule has 0 aliphatic rings. The van der Waals surface area contributed by atoms with Crippen LogP contribution in [-0.4, -0.2) is 35.1 Å². The number of carbonyl (C=O) groups excluding carboxylic acids is 1. The fourth-order valence-electron chi connectivity index (χ4n) is 1.68. The summed E-state index contributed by atoms with van der Waals surface area (Å²) in [5.74, 6) is -2.42. The van der Waals surface area contributed by atoms with E-state index in [1.807, 2.05) is 0 Å². The molecule has 0 atom stereocenters. The van der Waals surface area contributed by atoms with Crippen molar-refractivity contribution >= 4 is 5.91 Å². The Kier molecular flexibility index (Phi) is 5.22. The van der Waals surface area contributed by atoms with Crippen LogP contribution < -0.4 is 0 Å². The maximum Gasteiger partial charge on any atom is 0.260 e. The first-order chi connectivity index (χ1) is 8.49. The van der Waals surface area contributed by atoms with Crippen LogP contribution in [0.4, 0.5) is 8.78 Å². The van der Waals surface area contributed by atoms with Crippen LogP contribution in [0.5, 0.6) is 0 Å². The third-order valence-corrected chi connectivity index (χ3v) is 2.62. The normalized spacial score (nSPS) is 10.8. The first kappa shape index (κ1) is 14.6. The smallest absolute Gasteiger partial charge is 0.260 e. The van der Waals surface area contributed by atoms with Gasteiger partial charge in [0.2, 0.25) is 0 Å². The Morgan fingerprint density at radius 2 is 1.89 bits per heavy atom. The number of benzene rings is 1. The van der Waals surface area contributed by atoms with Crippen molar-refractivity contribution in [3.05, 3.63) is 35.4 Å². The van der Waals surface area contributed by atoms with Crippen molar-refractivity contribution in [1.29, 1.82) is 0 Å². The quantitative estimate of drug-likeness (QED) is 0.878. The average Bonchev–Trinajstić information content (AvgIpc) is 2.28. The number of hydrogen-bond acceptors (Lipinski definition) is 2. The highest BCUT2D eigenvalue weighted by atomic mass is 19.1. The maximum atomic E-state index is 13.5. The van der Waals surface area contributed by atoms with E-state index in [-0.39, 0.29) is 19.2 Å². The van der Waals surface area contributed by atoms with E-state index in [1.54, 1.807) is 13.8 Å². The van der Waals surface area contributed by atoms with Crippen molar-refractivity contribution in [3.63, 3.8) is 0 Å². The molecular formula is C13H17F2NO2. The van der Waals surface area contributed by atoms with Gasteiger partial charge in [-0.3, -0.25) is 4.79 Å². The molecule has 0 aromatic heterocycles. The minimum atomic E-state index is -0.866. The van der Waals surface area contributed by atoms with Crippen LogP contribution in [0, 0.1) is 11.6 Å². The van der Waals surface area contributed by atoms with Gasteiger partial charge in [-0.2, -0.15) is 0 Å². The summed E-state index contributed by atoms with van der Waals surface area (Å²) in [5, 5.41) is 8.77. The summed E-state index contributed by atoms with van der Waals surface area (Å²) in [6.07, 6.45) is 0.375. The highest BCUT2D eigenvalue weighted by Gasteiger charge is 2.24. The molecule has 1 aromatic rings. The van der Waals surface area contributed by atoms with Gasteiger partial charge in [-0.05, 0) is 32.4 Å². The number of carbonyl (C=O) groups is 1. The van der Waals surface area contributed by atoms with Crippen LogP contribution in [0.2, 0.25) is 0 Å². The number of rotatable bonds is 5. The molecule has 1 N–H and O–H groups in total. The molecule has 0 fully saturated rings. The van der Waals surface area contributed by atoms with Crippen molar-refractivity contribution in [3.8, 4) is 0 Å².